The van der Waals surface area contributed by atoms with Gasteiger partial charge in [-0.05, 0) is 202 Å². The molecule has 16 aromatic carbocycles. The second-order valence-corrected chi connectivity index (χ2v) is 28.5. The van der Waals surface area contributed by atoms with Crippen LogP contribution >= 0.6 is 0 Å². The molecule has 0 aromatic heterocycles. The van der Waals surface area contributed by atoms with Gasteiger partial charge in [-0.2, -0.15) is 0 Å². The Morgan fingerprint density at radius 3 is 0.833 bits per heavy atom. The van der Waals surface area contributed by atoms with Gasteiger partial charge in [0, 0.05) is 77.8 Å². The van der Waals surface area contributed by atoms with Crippen molar-refractivity contribution < 1.29 is 0 Å². The fraction of sp³-hybridized carbons (Fsp3) is 0.130. The molecule has 0 heterocycles. The van der Waals surface area contributed by atoms with Crippen LogP contribution in [0.2, 0.25) is 0 Å². The number of hydrogen-bond donors (Lipinski definition) is 0. The minimum Gasteiger partial charge on any atom is -0.310 e. The Labute approximate surface area is 564 Å². The van der Waals surface area contributed by atoms with Crippen molar-refractivity contribution >= 4 is 133 Å². The van der Waals surface area contributed by atoms with Gasteiger partial charge >= 0.3 is 0 Å². The molecule has 0 aliphatic rings. The van der Waals surface area contributed by atoms with Gasteiger partial charge in [-0.3, -0.25) is 0 Å². The average molecular weight is 1240 g/mol. The van der Waals surface area contributed by atoms with Crippen LogP contribution in [0.4, 0.5) is 68.2 Å². The average Bonchev–Trinajstić information content (AvgIpc) is 0.722. The second-order valence-electron chi connectivity index (χ2n) is 28.5. The van der Waals surface area contributed by atoms with Crippen molar-refractivity contribution in [1.82, 2.24) is 0 Å². The Morgan fingerprint density at radius 1 is 0.229 bits per heavy atom. The molecule has 0 spiro atoms. The molecule has 16 aromatic rings. The van der Waals surface area contributed by atoms with Crippen LogP contribution in [0.1, 0.15) is 80.5 Å². The van der Waals surface area contributed by atoms with Crippen molar-refractivity contribution in [3.8, 4) is 0 Å². The number of hydrogen-bond acceptors (Lipinski definition) is 4. The lowest BCUT2D eigenvalue weighted by Gasteiger charge is -2.33. The van der Waals surface area contributed by atoms with Crippen LogP contribution < -0.4 is 19.6 Å². The summed E-state index contributed by atoms with van der Waals surface area (Å²) in [7, 11) is 0. The molecule has 0 aliphatic heterocycles. The first kappa shape index (κ1) is 59.8. The van der Waals surface area contributed by atoms with Gasteiger partial charge in [0.25, 0.3) is 0 Å². The Bertz CT molecular complexity index is 5260. The minimum atomic E-state index is 0.00671. The molecule has 0 radical (unpaired) electrons. The van der Waals surface area contributed by atoms with E-state index in [2.05, 4.69) is 379 Å². The summed E-state index contributed by atoms with van der Waals surface area (Å²) in [6.45, 7) is 20.2. The van der Waals surface area contributed by atoms with Gasteiger partial charge in [0.1, 0.15) is 0 Å². The summed E-state index contributed by atoms with van der Waals surface area (Å²) in [5.74, 6) is 0. The number of para-hydroxylation sites is 2. The lowest BCUT2D eigenvalue weighted by atomic mass is 9.87. The highest BCUT2D eigenvalue weighted by atomic mass is 15.2. The highest BCUT2D eigenvalue weighted by molar-refractivity contribution is 6.30. The highest BCUT2D eigenvalue weighted by Gasteiger charge is 2.28. The molecule has 4 nitrogen and oxygen atoms in total. The molecule has 0 aliphatic carbocycles. The molecule has 96 heavy (non-hydrogen) atoms. The van der Waals surface area contributed by atoms with Gasteiger partial charge in [0.05, 0.1) is 22.7 Å². The largest absolute Gasteiger partial charge is 0.310 e. The Kier molecular flexibility index (Phi) is 14.7. The van der Waals surface area contributed by atoms with Crippen LogP contribution in [0, 0.1) is 20.8 Å². The van der Waals surface area contributed by atoms with Crippen molar-refractivity contribution in [3.05, 3.63) is 336 Å². The quantitative estimate of drug-likeness (QED) is 0.101. The molecule has 0 N–H and O–H groups in total. The summed E-state index contributed by atoms with van der Waals surface area (Å²) in [5, 5.41) is 14.8. The van der Waals surface area contributed by atoms with E-state index < -0.39 is 0 Å². The predicted octanol–water partition coefficient (Wildman–Crippen LogP) is 26.5. The Morgan fingerprint density at radius 2 is 0.510 bits per heavy atom. The van der Waals surface area contributed by atoms with Gasteiger partial charge in [-0.1, -0.05) is 246 Å². The maximum atomic E-state index is 2.48. The summed E-state index contributed by atoms with van der Waals surface area (Å²) >= 11 is 0. The van der Waals surface area contributed by atoms with E-state index in [4.69, 9.17) is 0 Å². The summed E-state index contributed by atoms with van der Waals surface area (Å²) in [5.41, 5.74) is 22.1. The third-order valence-corrected chi connectivity index (χ3v) is 19.8. The summed E-state index contributed by atoms with van der Waals surface area (Å²) in [4.78, 5) is 9.88. The second kappa shape index (κ2) is 23.7. The van der Waals surface area contributed by atoms with Gasteiger partial charge < -0.3 is 19.6 Å². The normalized spacial score (nSPS) is 12.1. The van der Waals surface area contributed by atoms with Crippen LogP contribution in [-0.4, -0.2) is 0 Å². The molecule has 0 amide bonds. The molecular formula is C92H78N4. The first-order valence-electron chi connectivity index (χ1n) is 33.8. The van der Waals surface area contributed by atoms with Crippen LogP contribution in [0.15, 0.2) is 297 Å². The number of aryl methyl sites for hydroxylation is 3. The van der Waals surface area contributed by atoms with Crippen molar-refractivity contribution in [2.24, 2.45) is 0 Å². The maximum absolute atomic E-state index is 2.48. The summed E-state index contributed by atoms with van der Waals surface area (Å²) in [6, 6.07) is 112. The van der Waals surface area contributed by atoms with Crippen molar-refractivity contribution in [2.75, 3.05) is 19.6 Å². The van der Waals surface area contributed by atoms with Crippen LogP contribution in [0.3, 0.4) is 0 Å². The zero-order valence-electron chi connectivity index (χ0n) is 56.3. The minimum absolute atomic E-state index is 0.00671. The smallest absolute Gasteiger partial charge is 0.0561 e. The van der Waals surface area contributed by atoms with E-state index >= 15 is 0 Å². The zero-order chi connectivity index (χ0) is 65.6. The summed E-state index contributed by atoms with van der Waals surface area (Å²) in [6.07, 6.45) is 0.765. The molecule has 466 valence electrons. The van der Waals surface area contributed by atoms with Crippen LogP contribution in [0.5, 0.6) is 0 Å². The van der Waals surface area contributed by atoms with Crippen molar-refractivity contribution in [1.29, 1.82) is 0 Å². The van der Waals surface area contributed by atoms with E-state index in [1.54, 1.807) is 0 Å². The van der Waals surface area contributed by atoms with E-state index in [0.29, 0.717) is 0 Å². The zero-order valence-corrected chi connectivity index (χ0v) is 56.3. The molecule has 0 bridgehead atoms. The molecule has 0 saturated heterocycles. The number of nitrogens with zero attached hydrogens (tertiary/aromatic N) is 4. The Balaban J connectivity index is 0.848. The molecule has 0 atom stereocenters. The molecule has 0 fully saturated rings. The molecular weight excluding hydrogens is 1160 g/mol. The van der Waals surface area contributed by atoms with Crippen LogP contribution in [-0.2, 0) is 17.3 Å². The highest BCUT2D eigenvalue weighted by Crippen LogP contribution is 2.53. The number of rotatable bonds is 14. The van der Waals surface area contributed by atoms with Gasteiger partial charge in [0.15, 0.2) is 0 Å². The van der Waals surface area contributed by atoms with E-state index in [0.717, 1.165) is 74.7 Å². The lowest BCUT2D eigenvalue weighted by molar-refractivity contribution is 0.590. The molecule has 16 rings (SSSR count). The van der Waals surface area contributed by atoms with Crippen LogP contribution in [0.25, 0.3) is 64.6 Å². The van der Waals surface area contributed by atoms with Crippen molar-refractivity contribution in [2.45, 2.75) is 79.6 Å². The van der Waals surface area contributed by atoms with E-state index in [-0.39, 0.29) is 10.8 Å². The molecule has 0 unspecified atom stereocenters. The topological polar surface area (TPSA) is 13.0 Å². The first-order valence-corrected chi connectivity index (χ1v) is 33.8. The first-order chi connectivity index (χ1) is 46.6. The molecule has 0 saturated carbocycles. The fourth-order valence-corrected chi connectivity index (χ4v) is 14.7. The monoisotopic (exact) mass is 1240 g/mol. The van der Waals surface area contributed by atoms with Gasteiger partial charge in [-0.25, -0.2) is 0 Å². The third kappa shape index (κ3) is 10.8. The summed E-state index contributed by atoms with van der Waals surface area (Å²) < 4.78 is 0. The van der Waals surface area contributed by atoms with Crippen molar-refractivity contribution in [3.63, 3.8) is 0 Å². The van der Waals surface area contributed by atoms with Gasteiger partial charge in [-0.15, -0.1) is 0 Å². The number of benzene rings is 16. The standard InChI is InChI=1S/C92H78N4/c1-60-23-39-73(40-24-60)95(74-41-25-61(2)26-42-74)85-59-86(80-52-32-66-18-16-17-65-31-51-79(85)89(80)87(65)66)96(75-43-27-62(3)28-44-75)76-45-29-63(30-46-76)55-64-56-67-33-53-81-83(93(71-19-12-10-13-20-71)77-47-35-69(36-48-77)91(4,5)6)58-84(82-54-34-68(57-64)88(67)90(81)82)94(72-21-14-11-15-22-72)78-49-37-70(38-50-78)92(7,8)9/h10-54,56-59H,55H2,1-9H3. The number of anilines is 12. The molecule has 4 heteroatoms. The van der Waals surface area contributed by atoms with E-state index in [1.165, 1.54) is 104 Å². The third-order valence-electron chi connectivity index (χ3n) is 19.8. The van der Waals surface area contributed by atoms with Gasteiger partial charge in [0.2, 0.25) is 0 Å². The fourth-order valence-electron chi connectivity index (χ4n) is 14.7. The SMILES string of the molecule is Cc1ccc(N(c2ccc(C)cc2)c2cc(N(c3ccc(C)cc3)c3ccc(Cc4cc5ccc6c(N(c7ccccc7)c7ccc(C(C)(C)C)cc7)cc(N(c7ccccc7)c7ccc(C(C)(C)C)cc7)c7ccc(c4)c5c67)cc3)c3ccc4cccc5ccc2c3c54)cc1. The predicted molar refractivity (Wildman–Crippen MR) is 413 cm³/mol. The Hall–Kier alpha value is -11.2. The maximum Gasteiger partial charge on any atom is 0.0561 e. The van der Waals surface area contributed by atoms with E-state index in [9.17, 15) is 0 Å². The van der Waals surface area contributed by atoms with E-state index in [1.807, 2.05) is 0 Å². The lowest BCUT2D eigenvalue weighted by Crippen LogP contribution is -2.16.